The fourth-order valence-electron chi connectivity index (χ4n) is 2.03. The molecule has 0 radical (unpaired) electrons. The zero-order chi connectivity index (χ0) is 16.9. The Labute approximate surface area is 137 Å². The highest BCUT2D eigenvalue weighted by Gasteiger charge is 2.25. The molecule has 3 rings (SSSR count). The summed E-state index contributed by atoms with van der Waals surface area (Å²) in [5, 5.41) is 14.3. The Balaban J connectivity index is 1.97. The third kappa shape index (κ3) is 3.43. The molecule has 0 aliphatic carbocycles. The number of ether oxygens (including phenoxy) is 1. The van der Waals surface area contributed by atoms with E-state index >= 15 is 0 Å². The van der Waals surface area contributed by atoms with E-state index in [0.29, 0.717) is 11.6 Å². The van der Waals surface area contributed by atoms with E-state index in [1.165, 1.54) is 6.33 Å². The molecular formula is C16H13N5O3. The van der Waals surface area contributed by atoms with Gasteiger partial charge in [0, 0.05) is 5.69 Å². The summed E-state index contributed by atoms with van der Waals surface area (Å²) in [6.45, 7) is 1.82. The van der Waals surface area contributed by atoms with Gasteiger partial charge in [0.2, 0.25) is 5.82 Å². The van der Waals surface area contributed by atoms with Crippen LogP contribution < -0.4 is 10.1 Å². The Hall–Kier alpha value is -3.55. The van der Waals surface area contributed by atoms with Crippen molar-refractivity contribution in [3.8, 4) is 11.6 Å². The molecule has 1 aromatic carbocycles. The van der Waals surface area contributed by atoms with Crippen molar-refractivity contribution in [1.82, 2.24) is 15.0 Å². The van der Waals surface area contributed by atoms with Gasteiger partial charge in [0.05, 0.1) is 4.92 Å². The van der Waals surface area contributed by atoms with Gasteiger partial charge in [0.25, 0.3) is 0 Å². The van der Waals surface area contributed by atoms with Crippen LogP contribution in [0.2, 0.25) is 0 Å². The van der Waals surface area contributed by atoms with Crippen molar-refractivity contribution in [1.29, 1.82) is 0 Å². The fourth-order valence-corrected chi connectivity index (χ4v) is 2.03. The number of hydrogen-bond acceptors (Lipinski definition) is 7. The van der Waals surface area contributed by atoms with Crippen molar-refractivity contribution in [3.05, 3.63) is 70.7 Å². The Morgan fingerprint density at radius 1 is 1.08 bits per heavy atom. The lowest BCUT2D eigenvalue weighted by molar-refractivity contribution is -0.385. The molecule has 0 spiro atoms. The van der Waals surface area contributed by atoms with Crippen molar-refractivity contribution in [2.24, 2.45) is 0 Å². The largest absolute Gasteiger partial charge is 0.434 e. The minimum atomic E-state index is -0.587. The number of aromatic nitrogens is 3. The highest BCUT2D eigenvalue weighted by Crippen LogP contribution is 2.34. The van der Waals surface area contributed by atoms with Gasteiger partial charge < -0.3 is 10.1 Å². The van der Waals surface area contributed by atoms with Gasteiger partial charge in [-0.3, -0.25) is 10.1 Å². The predicted molar refractivity (Wildman–Crippen MR) is 87.5 cm³/mol. The lowest BCUT2D eigenvalue weighted by Gasteiger charge is -2.09. The van der Waals surface area contributed by atoms with Gasteiger partial charge in [0.1, 0.15) is 17.9 Å². The molecule has 0 aliphatic heterocycles. The van der Waals surface area contributed by atoms with Gasteiger partial charge >= 0.3 is 11.6 Å². The third-order valence-corrected chi connectivity index (χ3v) is 3.06. The molecule has 2 aromatic heterocycles. The highest BCUT2D eigenvalue weighted by molar-refractivity contribution is 5.67. The molecule has 8 heteroatoms. The van der Waals surface area contributed by atoms with E-state index in [0.717, 1.165) is 5.69 Å². The molecular weight excluding hydrogens is 310 g/mol. The number of rotatable bonds is 5. The number of nitro groups is 1. The summed E-state index contributed by atoms with van der Waals surface area (Å²) in [4.78, 5) is 23.0. The fraction of sp³-hybridized carbons (Fsp3) is 0.0625. The quantitative estimate of drug-likeness (QED) is 0.565. The minimum Gasteiger partial charge on any atom is -0.434 e. The normalized spacial score (nSPS) is 10.2. The Morgan fingerprint density at radius 3 is 2.58 bits per heavy atom. The van der Waals surface area contributed by atoms with E-state index in [4.69, 9.17) is 4.74 Å². The second-order valence-electron chi connectivity index (χ2n) is 4.84. The van der Waals surface area contributed by atoms with Crippen LogP contribution in [-0.4, -0.2) is 19.9 Å². The molecule has 0 saturated heterocycles. The summed E-state index contributed by atoms with van der Waals surface area (Å²) in [6.07, 6.45) is 1.20. The van der Waals surface area contributed by atoms with Crippen LogP contribution in [0.1, 0.15) is 5.69 Å². The Bertz CT molecular complexity index is 871. The van der Waals surface area contributed by atoms with Gasteiger partial charge in [-0.1, -0.05) is 24.3 Å². The number of hydrogen-bond donors (Lipinski definition) is 1. The summed E-state index contributed by atoms with van der Waals surface area (Å²) in [5.74, 6) is 0.761. The highest BCUT2D eigenvalue weighted by atomic mass is 16.6. The van der Waals surface area contributed by atoms with Crippen LogP contribution in [0.3, 0.4) is 0 Å². The van der Waals surface area contributed by atoms with Crippen molar-refractivity contribution >= 4 is 17.3 Å². The molecule has 0 aliphatic rings. The number of pyridine rings is 1. The standard InChI is InChI=1S/C16H13N5O3/c1-11-6-5-9-13(19-11)20-15-14(21(22)23)16(18-10-17-15)24-12-7-3-2-4-8-12/h2-10H,1H3,(H,17,18,19,20). The third-order valence-electron chi connectivity index (χ3n) is 3.06. The van der Waals surface area contributed by atoms with E-state index in [9.17, 15) is 10.1 Å². The molecule has 120 valence electrons. The average Bonchev–Trinajstić information content (AvgIpc) is 2.56. The topological polar surface area (TPSA) is 103 Å². The maximum absolute atomic E-state index is 11.5. The summed E-state index contributed by atoms with van der Waals surface area (Å²) < 4.78 is 5.52. The number of benzene rings is 1. The first-order valence-corrected chi connectivity index (χ1v) is 7.06. The van der Waals surface area contributed by atoms with E-state index in [-0.39, 0.29) is 17.4 Å². The Morgan fingerprint density at radius 2 is 1.88 bits per heavy atom. The molecule has 8 nitrogen and oxygen atoms in total. The van der Waals surface area contributed by atoms with Crippen molar-refractivity contribution in [2.75, 3.05) is 5.32 Å². The second-order valence-corrected chi connectivity index (χ2v) is 4.84. The number of nitrogens with zero attached hydrogens (tertiary/aromatic N) is 4. The van der Waals surface area contributed by atoms with Gasteiger partial charge in [0.15, 0.2) is 0 Å². The van der Waals surface area contributed by atoms with Gasteiger partial charge in [-0.15, -0.1) is 0 Å². The Kier molecular flexibility index (Phi) is 4.28. The first kappa shape index (κ1) is 15.3. The van der Waals surface area contributed by atoms with Crippen LogP contribution in [-0.2, 0) is 0 Å². The zero-order valence-electron chi connectivity index (χ0n) is 12.7. The molecule has 3 aromatic rings. The predicted octanol–water partition coefficient (Wildman–Crippen LogP) is 3.62. The van der Waals surface area contributed by atoms with Crippen LogP contribution >= 0.6 is 0 Å². The second kappa shape index (κ2) is 6.69. The summed E-state index contributed by atoms with van der Waals surface area (Å²) >= 11 is 0. The van der Waals surface area contributed by atoms with Crippen molar-refractivity contribution in [2.45, 2.75) is 6.92 Å². The lowest BCUT2D eigenvalue weighted by atomic mass is 10.3. The smallest absolute Gasteiger partial charge is 0.373 e. The van der Waals surface area contributed by atoms with Gasteiger partial charge in [-0.25, -0.2) is 9.97 Å². The van der Waals surface area contributed by atoms with Crippen LogP contribution in [0.4, 0.5) is 17.3 Å². The average molecular weight is 323 g/mol. The maximum Gasteiger partial charge on any atom is 0.373 e. The minimum absolute atomic E-state index is 0.0130. The van der Waals surface area contributed by atoms with E-state index in [1.807, 2.05) is 19.1 Å². The van der Waals surface area contributed by atoms with E-state index in [2.05, 4.69) is 20.3 Å². The van der Waals surface area contributed by atoms with Crippen molar-refractivity contribution < 1.29 is 9.66 Å². The van der Waals surface area contributed by atoms with Crippen molar-refractivity contribution in [3.63, 3.8) is 0 Å². The van der Waals surface area contributed by atoms with Crippen LogP contribution in [0.25, 0.3) is 0 Å². The molecule has 0 saturated carbocycles. The summed E-state index contributed by atoms with van der Waals surface area (Å²) in [5.41, 5.74) is 0.419. The van der Waals surface area contributed by atoms with Gasteiger partial charge in [-0.2, -0.15) is 4.98 Å². The van der Waals surface area contributed by atoms with Gasteiger partial charge in [-0.05, 0) is 31.2 Å². The SMILES string of the molecule is Cc1cccc(Nc2ncnc(Oc3ccccc3)c2[N+](=O)[O-])n1. The number of aryl methyl sites for hydroxylation is 1. The first-order valence-electron chi connectivity index (χ1n) is 7.06. The van der Waals surface area contributed by atoms with E-state index < -0.39 is 4.92 Å². The molecule has 1 N–H and O–H groups in total. The molecule has 0 amide bonds. The number of anilines is 2. The molecule has 2 heterocycles. The summed E-state index contributed by atoms with van der Waals surface area (Å²) in [6, 6.07) is 14.0. The van der Waals surface area contributed by atoms with Crippen LogP contribution in [0, 0.1) is 17.0 Å². The summed E-state index contributed by atoms with van der Waals surface area (Å²) in [7, 11) is 0. The number of para-hydroxylation sites is 1. The van der Waals surface area contributed by atoms with Crippen LogP contribution in [0.5, 0.6) is 11.6 Å². The zero-order valence-corrected chi connectivity index (χ0v) is 12.7. The molecule has 0 unspecified atom stereocenters. The molecule has 24 heavy (non-hydrogen) atoms. The monoisotopic (exact) mass is 323 g/mol. The molecule has 0 atom stereocenters. The van der Waals surface area contributed by atoms with E-state index in [1.54, 1.807) is 36.4 Å². The maximum atomic E-state index is 11.5. The first-order chi connectivity index (χ1) is 11.6. The molecule has 0 fully saturated rings. The number of nitrogens with one attached hydrogen (secondary N) is 1. The lowest BCUT2D eigenvalue weighted by Crippen LogP contribution is -2.04. The molecule has 0 bridgehead atoms. The van der Waals surface area contributed by atoms with Crippen LogP contribution in [0.15, 0.2) is 54.9 Å².